The van der Waals surface area contributed by atoms with E-state index in [1.54, 1.807) is 19.1 Å². The molecule has 0 radical (unpaired) electrons. The summed E-state index contributed by atoms with van der Waals surface area (Å²) in [6.45, 7) is 2.07. The fourth-order valence-electron chi connectivity index (χ4n) is 0.714. The normalized spacial score (nSPS) is 8.00. The summed E-state index contributed by atoms with van der Waals surface area (Å²) in [6.07, 6.45) is 1.47. The van der Waals surface area contributed by atoms with Gasteiger partial charge in [0.2, 0.25) is 5.88 Å². The van der Waals surface area contributed by atoms with E-state index in [2.05, 4.69) is 16.8 Å². The number of nitriles is 1. The van der Waals surface area contributed by atoms with Gasteiger partial charge in [0.15, 0.2) is 6.61 Å². The van der Waals surface area contributed by atoms with E-state index in [0.717, 1.165) is 0 Å². The van der Waals surface area contributed by atoms with Crippen molar-refractivity contribution in [1.82, 2.24) is 4.98 Å². The number of aromatic nitrogens is 1. The standard InChI is InChI=1S/C10H8N2O/c1-2-3-6-13-10-5-4-9(7-11)8-12-10/h4-5,8H,6H2,1H3. The monoisotopic (exact) mass is 172 g/mol. The van der Waals surface area contributed by atoms with Gasteiger partial charge in [0, 0.05) is 12.3 Å². The van der Waals surface area contributed by atoms with Crippen LogP contribution in [0, 0.1) is 23.2 Å². The Bertz CT molecular complexity index is 365. The molecule has 0 aliphatic carbocycles. The Labute approximate surface area is 77.0 Å². The molecule has 1 aromatic rings. The van der Waals surface area contributed by atoms with Gasteiger partial charge in [0.25, 0.3) is 0 Å². The fourth-order valence-corrected chi connectivity index (χ4v) is 0.714. The van der Waals surface area contributed by atoms with Gasteiger partial charge in [-0.1, -0.05) is 5.92 Å². The molecule has 0 bridgehead atoms. The molecule has 1 heterocycles. The van der Waals surface area contributed by atoms with Gasteiger partial charge >= 0.3 is 0 Å². The van der Waals surface area contributed by atoms with Crippen LogP contribution in [0.5, 0.6) is 5.88 Å². The third-order valence-electron chi connectivity index (χ3n) is 1.33. The first kappa shape index (κ1) is 9.09. The van der Waals surface area contributed by atoms with E-state index in [4.69, 9.17) is 10.00 Å². The topological polar surface area (TPSA) is 45.9 Å². The Morgan fingerprint density at radius 2 is 2.38 bits per heavy atom. The molecule has 1 rings (SSSR count). The van der Waals surface area contributed by atoms with Crippen molar-refractivity contribution in [3.63, 3.8) is 0 Å². The highest BCUT2D eigenvalue weighted by Gasteiger charge is 1.93. The van der Waals surface area contributed by atoms with Crippen molar-refractivity contribution in [2.75, 3.05) is 6.61 Å². The predicted molar refractivity (Wildman–Crippen MR) is 47.9 cm³/mol. The molecular formula is C10H8N2O. The SMILES string of the molecule is CC#CCOc1ccc(C#N)cn1. The molecule has 0 aromatic carbocycles. The molecule has 1 aromatic heterocycles. The maximum Gasteiger partial charge on any atom is 0.214 e. The molecule has 13 heavy (non-hydrogen) atoms. The van der Waals surface area contributed by atoms with Gasteiger partial charge in [-0.2, -0.15) is 5.26 Å². The van der Waals surface area contributed by atoms with Crippen molar-refractivity contribution in [2.24, 2.45) is 0 Å². The van der Waals surface area contributed by atoms with Gasteiger partial charge in [0.1, 0.15) is 6.07 Å². The Morgan fingerprint density at radius 3 is 2.92 bits per heavy atom. The van der Waals surface area contributed by atoms with Crippen LogP contribution in [0.2, 0.25) is 0 Å². The van der Waals surface area contributed by atoms with E-state index in [0.29, 0.717) is 18.1 Å². The lowest BCUT2D eigenvalue weighted by Crippen LogP contribution is -1.95. The fraction of sp³-hybridized carbons (Fsp3) is 0.200. The third-order valence-corrected chi connectivity index (χ3v) is 1.33. The number of hydrogen-bond donors (Lipinski definition) is 0. The van der Waals surface area contributed by atoms with E-state index in [1.807, 2.05) is 6.07 Å². The summed E-state index contributed by atoms with van der Waals surface area (Å²) >= 11 is 0. The summed E-state index contributed by atoms with van der Waals surface area (Å²) < 4.78 is 5.15. The maximum absolute atomic E-state index is 8.49. The van der Waals surface area contributed by atoms with Gasteiger partial charge in [-0.25, -0.2) is 4.98 Å². The first-order chi connectivity index (χ1) is 6.36. The van der Waals surface area contributed by atoms with Crippen molar-refractivity contribution in [2.45, 2.75) is 6.92 Å². The maximum atomic E-state index is 8.49. The number of pyridine rings is 1. The zero-order valence-electron chi connectivity index (χ0n) is 7.24. The molecule has 0 amide bonds. The molecule has 0 spiro atoms. The molecule has 0 N–H and O–H groups in total. The average molecular weight is 172 g/mol. The molecule has 3 nitrogen and oxygen atoms in total. The lowest BCUT2D eigenvalue weighted by molar-refractivity contribution is 0.355. The molecule has 0 aliphatic heterocycles. The minimum absolute atomic E-state index is 0.329. The second kappa shape index (κ2) is 4.79. The van der Waals surface area contributed by atoms with Crippen LogP contribution in [0.15, 0.2) is 18.3 Å². The second-order valence-electron chi connectivity index (χ2n) is 2.21. The average Bonchev–Trinajstić information content (AvgIpc) is 2.19. The van der Waals surface area contributed by atoms with Crippen LogP contribution < -0.4 is 4.74 Å². The zero-order valence-corrected chi connectivity index (χ0v) is 7.24. The minimum atomic E-state index is 0.329. The summed E-state index contributed by atoms with van der Waals surface area (Å²) in [6, 6.07) is 5.28. The van der Waals surface area contributed by atoms with E-state index in [9.17, 15) is 0 Å². The highest BCUT2D eigenvalue weighted by atomic mass is 16.5. The largest absolute Gasteiger partial charge is 0.464 e. The zero-order chi connectivity index (χ0) is 9.52. The Kier molecular flexibility index (Phi) is 3.35. The lowest BCUT2D eigenvalue weighted by Gasteiger charge is -1.98. The van der Waals surface area contributed by atoms with Crippen LogP contribution in [0.1, 0.15) is 12.5 Å². The van der Waals surface area contributed by atoms with Gasteiger partial charge in [-0.05, 0) is 13.0 Å². The second-order valence-corrected chi connectivity index (χ2v) is 2.21. The third kappa shape index (κ3) is 2.84. The number of hydrogen-bond acceptors (Lipinski definition) is 3. The number of rotatable bonds is 2. The van der Waals surface area contributed by atoms with Gasteiger partial charge < -0.3 is 4.74 Å². The molecule has 0 fully saturated rings. The molecule has 3 heteroatoms. The van der Waals surface area contributed by atoms with Crippen LogP contribution in [0.25, 0.3) is 0 Å². The highest BCUT2D eigenvalue weighted by molar-refractivity contribution is 5.28. The van der Waals surface area contributed by atoms with Crippen LogP contribution in [0.3, 0.4) is 0 Å². The Morgan fingerprint density at radius 1 is 1.54 bits per heavy atom. The van der Waals surface area contributed by atoms with Gasteiger partial charge in [-0.15, -0.1) is 5.92 Å². The molecule has 0 saturated carbocycles. The van der Waals surface area contributed by atoms with E-state index in [-0.39, 0.29) is 0 Å². The molecule has 0 atom stereocenters. The van der Waals surface area contributed by atoms with Crippen LogP contribution in [-0.2, 0) is 0 Å². The van der Waals surface area contributed by atoms with E-state index in [1.165, 1.54) is 6.20 Å². The minimum Gasteiger partial charge on any atom is -0.464 e. The molecule has 0 aliphatic rings. The van der Waals surface area contributed by atoms with Gasteiger partial charge in [0.05, 0.1) is 5.56 Å². The first-order valence-electron chi connectivity index (χ1n) is 3.75. The van der Waals surface area contributed by atoms with E-state index < -0.39 is 0 Å². The van der Waals surface area contributed by atoms with E-state index >= 15 is 0 Å². The highest BCUT2D eigenvalue weighted by Crippen LogP contribution is 2.05. The Balaban J connectivity index is 2.58. The van der Waals surface area contributed by atoms with Crippen molar-refractivity contribution >= 4 is 0 Å². The predicted octanol–water partition coefficient (Wildman–Crippen LogP) is 1.36. The molecule has 0 saturated heterocycles. The molecular weight excluding hydrogens is 164 g/mol. The smallest absolute Gasteiger partial charge is 0.214 e. The Hall–Kier alpha value is -2.00. The van der Waals surface area contributed by atoms with Crippen LogP contribution in [-0.4, -0.2) is 11.6 Å². The van der Waals surface area contributed by atoms with Crippen molar-refractivity contribution in [3.8, 4) is 23.8 Å². The van der Waals surface area contributed by atoms with Crippen molar-refractivity contribution < 1.29 is 4.74 Å². The number of ether oxygens (including phenoxy) is 1. The quantitative estimate of drug-likeness (QED) is 0.632. The van der Waals surface area contributed by atoms with Crippen molar-refractivity contribution in [1.29, 1.82) is 5.26 Å². The summed E-state index contributed by atoms with van der Waals surface area (Å²) in [7, 11) is 0. The summed E-state index contributed by atoms with van der Waals surface area (Å²) in [5.41, 5.74) is 0.522. The molecule has 0 unspecified atom stereocenters. The number of nitrogens with zero attached hydrogens (tertiary/aromatic N) is 2. The van der Waals surface area contributed by atoms with Crippen molar-refractivity contribution in [3.05, 3.63) is 23.9 Å². The van der Waals surface area contributed by atoms with Crippen LogP contribution in [0.4, 0.5) is 0 Å². The summed E-state index contributed by atoms with van der Waals surface area (Å²) in [4.78, 5) is 3.91. The van der Waals surface area contributed by atoms with Crippen LogP contribution >= 0.6 is 0 Å². The molecule has 64 valence electrons. The van der Waals surface area contributed by atoms with Gasteiger partial charge in [-0.3, -0.25) is 0 Å². The first-order valence-corrected chi connectivity index (χ1v) is 3.75. The summed E-state index contributed by atoms with van der Waals surface area (Å²) in [5, 5.41) is 8.49. The lowest BCUT2D eigenvalue weighted by atomic mass is 10.3. The summed E-state index contributed by atoms with van der Waals surface area (Å²) in [5.74, 6) is 5.94.